The fourth-order valence-corrected chi connectivity index (χ4v) is 9.53. The van der Waals surface area contributed by atoms with Crippen molar-refractivity contribution >= 4 is 27.8 Å². The summed E-state index contributed by atoms with van der Waals surface area (Å²) in [5.41, 5.74) is 19.0. The van der Waals surface area contributed by atoms with Gasteiger partial charge in [-0.2, -0.15) is 0 Å². The topological polar surface area (TPSA) is 3.24 Å². The predicted octanol–water partition coefficient (Wildman–Crippen LogP) is 14.3. The van der Waals surface area contributed by atoms with Gasteiger partial charge in [0.15, 0.2) is 0 Å². The molecule has 1 nitrogen and oxygen atoms in total. The Kier molecular flexibility index (Phi) is 6.94. The van der Waals surface area contributed by atoms with Gasteiger partial charge >= 0.3 is 0 Å². The molecule has 0 atom stereocenters. The Bertz CT molecular complexity index is 2570. The number of rotatable bonds is 5. The summed E-state index contributed by atoms with van der Waals surface area (Å²) < 4.78 is 0. The van der Waals surface area contributed by atoms with Gasteiger partial charge in [0.2, 0.25) is 0 Å². The first-order chi connectivity index (χ1) is 25.8. The Morgan fingerprint density at radius 2 is 0.792 bits per heavy atom. The van der Waals surface area contributed by atoms with Gasteiger partial charge in [0.25, 0.3) is 0 Å². The highest BCUT2D eigenvalue weighted by Crippen LogP contribution is 2.66. The van der Waals surface area contributed by atoms with Crippen LogP contribution in [0.25, 0.3) is 55.3 Å². The van der Waals surface area contributed by atoms with E-state index in [4.69, 9.17) is 0 Å². The molecule has 53 heavy (non-hydrogen) atoms. The number of anilines is 3. The van der Waals surface area contributed by atoms with Gasteiger partial charge < -0.3 is 4.90 Å². The van der Waals surface area contributed by atoms with Crippen molar-refractivity contribution in [2.75, 3.05) is 4.90 Å². The van der Waals surface area contributed by atoms with Crippen LogP contribution in [-0.2, 0) is 10.8 Å². The maximum atomic E-state index is 2.55. The van der Waals surface area contributed by atoms with Crippen LogP contribution in [0.2, 0.25) is 0 Å². The van der Waals surface area contributed by atoms with Crippen molar-refractivity contribution in [2.45, 2.75) is 38.5 Å². The zero-order chi connectivity index (χ0) is 35.9. The number of hydrogen-bond donors (Lipinski definition) is 0. The van der Waals surface area contributed by atoms with Crippen molar-refractivity contribution in [3.05, 3.63) is 198 Å². The van der Waals surface area contributed by atoms with Crippen LogP contribution in [0.3, 0.4) is 0 Å². The van der Waals surface area contributed by atoms with E-state index in [2.05, 4.69) is 209 Å². The lowest BCUT2D eigenvalue weighted by Gasteiger charge is -2.38. The molecule has 0 radical (unpaired) electrons. The number of para-hydroxylation sites is 2. The van der Waals surface area contributed by atoms with Gasteiger partial charge in [-0.15, -0.1) is 0 Å². The first kappa shape index (κ1) is 31.5. The molecule has 8 aromatic carbocycles. The van der Waals surface area contributed by atoms with E-state index < -0.39 is 0 Å². The smallest absolute Gasteiger partial charge is 0.0556 e. The van der Waals surface area contributed by atoms with Gasteiger partial charge in [-0.25, -0.2) is 0 Å². The second kappa shape index (κ2) is 11.7. The maximum absolute atomic E-state index is 2.55. The SMILES string of the molecule is CC1(C)c2ccccc2-c2c(-c3ccc(-c4ccc5ccccc5c4)cc3)c3c(c(N(c4ccccc4)c4ccccc4)c21)C(C)(C)c1ccccc1-3. The standard InChI is InChI=1S/C52H41N/c1-51(2)43-25-15-13-23-41(43)46-45(36-30-27-35(28-31-36)38-32-29-34-17-11-12-18-37(34)33-38)47-42-24-14-16-26-44(42)52(3,4)49(47)50(48(46)51)53(39-19-7-5-8-20-39)40-21-9-6-10-22-40/h5-33H,1-4H3. The largest absolute Gasteiger partial charge is 0.310 e. The lowest BCUT2D eigenvalue weighted by Crippen LogP contribution is -2.26. The van der Waals surface area contributed by atoms with E-state index in [-0.39, 0.29) is 10.8 Å². The van der Waals surface area contributed by atoms with E-state index in [1.165, 1.54) is 83.2 Å². The zero-order valence-corrected chi connectivity index (χ0v) is 30.7. The molecular formula is C52H41N. The first-order valence-electron chi connectivity index (χ1n) is 18.8. The summed E-state index contributed by atoms with van der Waals surface area (Å²) >= 11 is 0. The Balaban J connectivity index is 1.33. The summed E-state index contributed by atoms with van der Waals surface area (Å²) in [5, 5.41) is 2.53. The third-order valence-electron chi connectivity index (χ3n) is 12.0. The predicted molar refractivity (Wildman–Crippen MR) is 225 cm³/mol. The van der Waals surface area contributed by atoms with E-state index in [0.717, 1.165) is 11.4 Å². The number of fused-ring (bicyclic) bond motifs is 7. The van der Waals surface area contributed by atoms with Gasteiger partial charge in [-0.05, 0) is 108 Å². The third-order valence-corrected chi connectivity index (χ3v) is 12.0. The Morgan fingerprint density at radius 1 is 0.358 bits per heavy atom. The van der Waals surface area contributed by atoms with Gasteiger partial charge in [-0.3, -0.25) is 0 Å². The molecule has 0 aromatic heterocycles. The molecule has 0 N–H and O–H groups in total. The second-order valence-corrected chi connectivity index (χ2v) is 15.7. The van der Waals surface area contributed by atoms with Crippen LogP contribution in [0.5, 0.6) is 0 Å². The molecule has 0 unspecified atom stereocenters. The first-order valence-corrected chi connectivity index (χ1v) is 18.8. The quantitative estimate of drug-likeness (QED) is 0.175. The van der Waals surface area contributed by atoms with Crippen molar-refractivity contribution in [1.29, 1.82) is 0 Å². The zero-order valence-electron chi connectivity index (χ0n) is 30.7. The monoisotopic (exact) mass is 679 g/mol. The normalized spacial score (nSPS) is 14.3. The highest BCUT2D eigenvalue weighted by atomic mass is 15.2. The summed E-state index contributed by atoms with van der Waals surface area (Å²) in [4.78, 5) is 2.55. The summed E-state index contributed by atoms with van der Waals surface area (Å²) in [6.45, 7) is 9.74. The third kappa shape index (κ3) is 4.63. The molecule has 0 heterocycles. The van der Waals surface area contributed by atoms with Crippen LogP contribution in [0, 0.1) is 0 Å². The molecule has 0 saturated carbocycles. The van der Waals surface area contributed by atoms with E-state index in [1.54, 1.807) is 0 Å². The molecular weight excluding hydrogens is 639 g/mol. The molecule has 8 aromatic rings. The van der Waals surface area contributed by atoms with Crippen LogP contribution in [0.15, 0.2) is 176 Å². The molecule has 0 saturated heterocycles. The van der Waals surface area contributed by atoms with Crippen molar-refractivity contribution in [1.82, 2.24) is 0 Å². The molecule has 2 aliphatic rings. The minimum atomic E-state index is -0.261. The molecule has 0 bridgehead atoms. The van der Waals surface area contributed by atoms with Crippen LogP contribution in [0.1, 0.15) is 49.9 Å². The van der Waals surface area contributed by atoms with E-state index in [9.17, 15) is 0 Å². The highest BCUT2D eigenvalue weighted by Gasteiger charge is 2.48. The number of benzene rings is 8. The second-order valence-electron chi connectivity index (χ2n) is 15.7. The molecule has 0 aliphatic heterocycles. The summed E-state index contributed by atoms with van der Waals surface area (Å²) in [5.74, 6) is 0. The minimum absolute atomic E-state index is 0.261. The molecule has 254 valence electrons. The Hall–Kier alpha value is -6.18. The molecule has 0 spiro atoms. The molecule has 10 rings (SSSR count). The number of nitrogens with zero attached hydrogens (tertiary/aromatic N) is 1. The average Bonchev–Trinajstić information content (AvgIpc) is 3.59. The van der Waals surface area contributed by atoms with Crippen LogP contribution in [-0.4, -0.2) is 0 Å². The lowest BCUT2D eigenvalue weighted by molar-refractivity contribution is 0.640. The molecule has 0 fully saturated rings. The van der Waals surface area contributed by atoms with E-state index >= 15 is 0 Å². The van der Waals surface area contributed by atoms with Gasteiger partial charge in [0, 0.05) is 22.2 Å². The van der Waals surface area contributed by atoms with Gasteiger partial charge in [-0.1, -0.05) is 173 Å². The molecule has 2 aliphatic carbocycles. The maximum Gasteiger partial charge on any atom is 0.0556 e. The fourth-order valence-electron chi connectivity index (χ4n) is 9.53. The van der Waals surface area contributed by atoms with E-state index in [0.29, 0.717) is 0 Å². The highest BCUT2D eigenvalue weighted by molar-refractivity contribution is 6.09. The lowest BCUT2D eigenvalue weighted by atomic mass is 9.73. The summed E-state index contributed by atoms with van der Waals surface area (Å²) in [6, 6.07) is 65.0. The van der Waals surface area contributed by atoms with Gasteiger partial charge in [0.05, 0.1) is 5.69 Å². The molecule has 0 amide bonds. The molecule has 1 heteroatoms. The number of hydrogen-bond acceptors (Lipinski definition) is 1. The fraction of sp³-hybridized carbons (Fsp3) is 0.115. The van der Waals surface area contributed by atoms with Crippen LogP contribution >= 0.6 is 0 Å². The Morgan fingerprint density at radius 3 is 1.34 bits per heavy atom. The van der Waals surface area contributed by atoms with Crippen LogP contribution in [0.4, 0.5) is 17.1 Å². The average molecular weight is 680 g/mol. The van der Waals surface area contributed by atoms with Crippen molar-refractivity contribution < 1.29 is 0 Å². The van der Waals surface area contributed by atoms with Crippen molar-refractivity contribution in [2.24, 2.45) is 0 Å². The summed E-state index contributed by atoms with van der Waals surface area (Å²) in [7, 11) is 0. The minimum Gasteiger partial charge on any atom is -0.310 e. The van der Waals surface area contributed by atoms with E-state index in [1.807, 2.05) is 0 Å². The van der Waals surface area contributed by atoms with Crippen molar-refractivity contribution in [3.63, 3.8) is 0 Å². The Labute approximate surface area is 312 Å². The van der Waals surface area contributed by atoms with Crippen LogP contribution < -0.4 is 4.90 Å². The van der Waals surface area contributed by atoms with Crippen molar-refractivity contribution in [3.8, 4) is 44.5 Å². The van der Waals surface area contributed by atoms with Gasteiger partial charge in [0.1, 0.15) is 0 Å². The summed E-state index contributed by atoms with van der Waals surface area (Å²) in [6.07, 6.45) is 0.